The molecule has 4 nitrogen and oxygen atoms in total. The van der Waals surface area contributed by atoms with Gasteiger partial charge in [0.1, 0.15) is 0 Å². The van der Waals surface area contributed by atoms with E-state index in [0.717, 1.165) is 17.9 Å². The molecule has 2 aliphatic heterocycles. The predicted octanol–water partition coefficient (Wildman–Crippen LogP) is 3.62. The number of alkyl halides is 3. The third kappa shape index (κ3) is 3.56. The van der Waals surface area contributed by atoms with Crippen LogP contribution in [-0.2, 0) is 11.0 Å². The number of thioether (sulfide) groups is 1. The lowest BCUT2D eigenvalue weighted by molar-refractivity contribution is -0.137. The minimum Gasteiger partial charge on any atom is -0.342 e. The molecule has 3 rings (SSSR count). The second-order valence-corrected chi connectivity index (χ2v) is 8.02. The summed E-state index contributed by atoms with van der Waals surface area (Å²) in [6.07, 6.45) is -2.56. The fourth-order valence-corrected chi connectivity index (χ4v) is 5.05. The number of hydrogen-bond donors (Lipinski definition) is 0. The van der Waals surface area contributed by atoms with Crippen LogP contribution in [0.25, 0.3) is 0 Å². The Morgan fingerprint density at radius 2 is 1.73 bits per heavy atom. The van der Waals surface area contributed by atoms with E-state index in [-0.39, 0.29) is 22.2 Å². The van der Waals surface area contributed by atoms with Gasteiger partial charge in [-0.15, -0.1) is 11.8 Å². The number of hydrogen-bond acceptors (Lipinski definition) is 3. The number of carbonyl (C=O) groups is 2. The lowest BCUT2D eigenvalue weighted by atomic mass is 10.0. The van der Waals surface area contributed by atoms with Gasteiger partial charge in [0.2, 0.25) is 5.91 Å². The maximum atomic E-state index is 12.9. The van der Waals surface area contributed by atoms with Crippen LogP contribution in [0.2, 0.25) is 0 Å². The van der Waals surface area contributed by atoms with Crippen molar-refractivity contribution in [2.45, 2.75) is 37.2 Å². The maximum Gasteiger partial charge on any atom is 0.416 e. The Morgan fingerprint density at radius 3 is 2.27 bits per heavy atom. The van der Waals surface area contributed by atoms with Gasteiger partial charge in [0, 0.05) is 37.4 Å². The first-order valence-electron chi connectivity index (χ1n) is 8.68. The maximum absolute atomic E-state index is 12.9. The number of halogens is 3. The lowest BCUT2D eigenvalue weighted by Gasteiger charge is -2.44. The first kappa shape index (κ1) is 19.1. The summed E-state index contributed by atoms with van der Waals surface area (Å²) in [6.45, 7) is 3.62. The van der Waals surface area contributed by atoms with Gasteiger partial charge in [-0.1, -0.05) is 6.92 Å². The van der Waals surface area contributed by atoms with E-state index in [0.29, 0.717) is 38.9 Å². The number of nitrogens with zero attached hydrogens (tertiary/aromatic N) is 2. The summed E-state index contributed by atoms with van der Waals surface area (Å²) in [5.74, 6) is 0.677. The van der Waals surface area contributed by atoms with Gasteiger partial charge in [-0.25, -0.2) is 0 Å². The molecule has 26 heavy (non-hydrogen) atoms. The molecule has 0 aromatic heterocycles. The molecule has 1 spiro atoms. The quantitative estimate of drug-likeness (QED) is 0.780. The number of benzene rings is 1. The topological polar surface area (TPSA) is 40.6 Å². The molecule has 142 valence electrons. The number of rotatable bonds is 2. The summed E-state index contributed by atoms with van der Waals surface area (Å²) in [7, 11) is 0. The fraction of sp³-hybridized carbons (Fsp3) is 0.556. The van der Waals surface area contributed by atoms with Crippen LogP contribution < -0.4 is 0 Å². The Morgan fingerprint density at radius 1 is 1.12 bits per heavy atom. The largest absolute Gasteiger partial charge is 0.416 e. The minimum absolute atomic E-state index is 0.114. The molecule has 2 aliphatic rings. The van der Waals surface area contributed by atoms with E-state index in [1.165, 1.54) is 12.1 Å². The molecule has 1 aromatic carbocycles. The second-order valence-electron chi connectivity index (χ2n) is 6.56. The molecule has 0 unspecified atom stereocenters. The van der Waals surface area contributed by atoms with Crippen molar-refractivity contribution in [1.82, 2.24) is 9.80 Å². The molecule has 0 radical (unpaired) electrons. The molecule has 2 amide bonds. The molecule has 0 saturated carbocycles. The highest BCUT2D eigenvalue weighted by molar-refractivity contribution is 8.00. The van der Waals surface area contributed by atoms with Crippen molar-refractivity contribution in [3.8, 4) is 0 Å². The summed E-state index contributed by atoms with van der Waals surface area (Å²) in [4.78, 5) is 28.0. The van der Waals surface area contributed by atoms with Crippen molar-refractivity contribution in [1.29, 1.82) is 0 Å². The molecule has 2 saturated heterocycles. The van der Waals surface area contributed by atoms with E-state index in [9.17, 15) is 22.8 Å². The number of piperidine rings is 1. The van der Waals surface area contributed by atoms with Crippen LogP contribution in [0, 0.1) is 0 Å². The molecule has 0 N–H and O–H groups in total. The van der Waals surface area contributed by atoms with Crippen molar-refractivity contribution in [3.05, 3.63) is 35.4 Å². The van der Waals surface area contributed by atoms with Crippen LogP contribution in [0.1, 0.15) is 42.1 Å². The van der Waals surface area contributed by atoms with Gasteiger partial charge in [0.05, 0.1) is 10.4 Å². The molecule has 2 heterocycles. The third-order valence-electron chi connectivity index (χ3n) is 5.08. The summed E-state index contributed by atoms with van der Waals surface area (Å²) in [6, 6.07) is 4.40. The smallest absolute Gasteiger partial charge is 0.342 e. The van der Waals surface area contributed by atoms with Crippen LogP contribution in [0.4, 0.5) is 13.2 Å². The molecule has 0 bridgehead atoms. The molecule has 0 aliphatic carbocycles. The van der Waals surface area contributed by atoms with Gasteiger partial charge in [-0.2, -0.15) is 13.2 Å². The predicted molar refractivity (Wildman–Crippen MR) is 93.8 cm³/mol. The zero-order valence-electron chi connectivity index (χ0n) is 14.5. The highest BCUT2D eigenvalue weighted by Gasteiger charge is 2.47. The van der Waals surface area contributed by atoms with E-state index in [1.54, 1.807) is 16.7 Å². The molecule has 2 fully saturated rings. The summed E-state index contributed by atoms with van der Waals surface area (Å²) < 4.78 is 38.1. The second kappa shape index (κ2) is 7.13. The first-order valence-corrected chi connectivity index (χ1v) is 9.66. The SMILES string of the molecule is CCC(=O)N1CCC2(CC1)SCCN2C(=O)c1ccc(C(F)(F)F)cc1. The summed E-state index contributed by atoms with van der Waals surface area (Å²) >= 11 is 1.71. The standard InChI is InChI=1S/C18H21F3N2O2S/c1-2-15(24)22-9-7-17(8-10-22)23(11-12-26-17)16(25)13-3-5-14(6-4-13)18(19,20)21/h3-6H,2,7-12H2,1H3. The van der Waals surface area contributed by atoms with Gasteiger partial charge in [0.25, 0.3) is 5.91 Å². The van der Waals surface area contributed by atoms with E-state index < -0.39 is 11.7 Å². The van der Waals surface area contributed by atoms with E-state index in [2.05, 4.69) is 0 Å². The van der Waals surface area contributed by atoms with Gasteiger partial charge in [-0.05, 0) is 37.1 Å². The van der Waals surface area contributed by atoms with Gasteiger partial charge in [-0.3, -0.25) is 9.59 Å². The average Bonchev–Trinajstić information content (AvgIpc) is 3.03. The summed E-state index contributed by atoms with van der Waals surface area (Å²) in [5.41, 5.74) is -0.488. The molecular formula is C18H21F3N2O2S. The normalized spacial score (nSPS) is 19.8. The van der Waals surface area contributed by atoms with E-state index in [4.69, 9.17) is 0 Å². The number of amides is 2. The van der Waals surface area contributed by atoms with Crippen LogP contribution >= 0.6 is 11.8 Å². The molecule has 0 atom stereocenters. The molecule has 8 heteroatoms. The van der Waals surface area contributed by atoms with Crippen molar-refractivity contribution in [3.63, 3.8) is 0 Å². The van der Waals surface area contributed by atoms with Crippen LogP contribution in [-0.4, -0.2) is 51.9 Å². The zero-order chi connectivity index (χ0) is 18.9. The Kier molecular flexibility index (Phi) is 5.23. The average molecular weight is 386 g/mol. The number of likely N-dealkylation sites (tertiary alicyclic amines) is 1. The Labute approximate surface area is 154 Å². The van der Waals surface area contributed by atoms with Crippen molar-refractivity contribution >= 4 is 23.6 Å². The lowest BCUT2D eigenvalue weighted by Crippen LogP contribution is -2.53. The van der Waals surface area contributed by atoms with Crippen LogP contribution in [0.5, 0.6) is 0 Å². The van der Waals surface area contributed by atoms with Crippen molar-refractivity contribution in [2.24, 2.45) is 0 Å². The monoisotopic (exact) mass is 386 g/mol. The van der Waals surface area contributed by atoms with Crippen molar-refractivity contribution < 1.29 is 22.8 Å². The Balaban J connectivity index is 1.74. The van der Waals surface area contributed by atoms with Crippen LogP contribution in [0.3, 0.4) is 0 Å². The first-order chi connectivity index (χ1) is 12.3. The van der Waals surface area contributed by atoms with Gasteiger partial charge in [0.15, 0.2) is 0 Å². The zero-order valence-corrected chi connectivity index (χ0v) is 15.3. The van der Waals surface area contributed by atoms with Gasteiger partial charge >= 0.3 is 6.18 Å². The van der Waals surface area contributed by atoms with Crippen LogP contribution in [0.15, 0.2) is 24.3 Å². The third-order valence-corrected chi connectivity index (χ3v) is 6.63. The van der Waals surface area contributed by atoms with Crippen molar-refractivity contribution in [2.75, 3.05) is 25.4 Å². The summed E-state index contributed by atoms with van der Waals surface area (Å²) in [5, 5.41) is 0. The van der Waals surface area contributed by atoms with E-state index >= 15 is 0 Å². The number of carbonyl (C=O) groups excluding carboxylic acids is 2. The van der Waals surface area contributed by atoms with Gasteiger partial charge < -0.3 is 9.80 Å². The minimum atomic E-state index is -4.41. The Bertz CT molecular complexity index is 683. The highest BCUT2D eigenvalue weighted by atomic mass is 32.2. The van der Waals surface area contributed by atoms with E-state index in [1.807, 2.05) is 11.8 Å². The Hall–Kier alpha value is -1.70. The highest BCUT2D eigenvalue weighted by Crippen LogP contribution is 2.44. The molecule has 1 aromatic rings. The fourth-order valence-electron chi connectivity index (χ4n) is 3.60. The molecular weight excluding hydrogens is 365 g/mol.